The molecular formula is C78H58N6. The van der Waals surface area contributed by atoms with Gasteiger partial charge in [0.25, 0.3) is 0 Å². The quantitative estimate of drug-likeness (QED) is 0.0960. The molecular weight excluding hydrogens is 1020 g/mol. The Bertz CT molecular complexity index is 4490. The molecule has 6 heteroatoms. The molecule has 1 heterocycles. The van der Waals surface area contributed by atoms with Crippen LogP contribution in [0.2, 0.25) is 0 Å². The van der Waals surface area contributed by atoms with E-state index in [2.05, 4.69) is 323 Å². The van der Waals surface area contributed by atoms with Gasteiger partial charge in [0.15, 0.2) is 0 Å². The molecule has 0 atom stereocenters. The van der Waals surface area contributed by atoms with Gasteiger partial charge in [-0.3, -0.25) is 0 Å². The third kappa shape index (κ3) is 10.2. The van der Waals surface area contributed by atoms with E-state index in [0.29, 0.717) is 6.54 Å². The summed E-state index contributed by atoms with van der Waals surface area (Å²) >= 11 is 0. The number of rotatable bonds is 16. The highest BCUT2D eigenvalue weighted by atomic mass is 15.2. The standard InChI is InChI=1S/C78H58N6/c1-7-25-57(26-8-1)55-81(61-27-9-2-10-28-61)73-52-54-76(70-40-22-20-38-68(70)73)84(65-35-17-6-18-36-65)66-49-47-60(48-50-66)78-77(79-71-41-23-24-42-72(71)80-78)59-45-43-58(44-46-59)56-82(62-29-11-3-12-30-62)74-51-53-75(69-39-21-19-37-67(69)74)83(63-31-13-4-14-32-63)64-33-15-5-16-34-64/h1-54H,55-56H2. The van der Waals surface area contributed by atoms with E-state index in [4.69, 9.17) is 9.97 Å². The Kier molecular flexibility index (Phi) is 14.1. The van der Waals surface area contributed by atoms with E-state index >= 15 is 0 Å². The van der Waals surface area contributed by atoms with Crippen molar-refractivity contribution in [3.63, 3.8) is 0 Å². The lowest BCUT2D eigenvalue weighted by Gasteiger charge is -2.30. The second-order valence-electron chi connectivity index (χ2n) is 21.0. The highest BCUT2D eigenvalue weighted by molar-refractivity contribution is 6.07. The normalized spacial score (nSPS) is 11.2. The van der Waals surface area contributed by atoms with Crippen LogP contribution in [0.5, 0.6) is 0 Å². The molecule has 0 unspecified atom stereocenters. The summed E-state index contributed by atoms with van der Waals surface area (Å²) < 4.78 is 0. The van der Waals surface area contributed by atoms with Crippen molar-refractivity contribution in [3.05, 3.63) is 339 Å². The highest BCUT2D eigenvalue weighted by Crippen LogP contribution is 2.46. The first-order chi connectivity index (χ1) is 41.7. The van der Waals surface area contributed by atoms with Crippen LogP contribution in [0.3, 0.4) is 0 Å². The van der Waals surface area contributed by atoms with Crippen molar-refractivity contribution in [2.45, 2.75) is 13.1 Å². The average molecular weight is 1080 g/mol. The van der Waals surface area contributed by atoms with Gasteiger partial charge in [0, 0.05) is 91.3 Å². The predicted molar refractivity (Wildman–Crippen MR) is 352 cm³/mol. The molecule has 0 fully saturated rings. The molecule has 0 saturated carbocycles. The molecule has 0 saturated heterocycles. The van der Waals surface area contributed by atoms with Crippen molar-refractivity contribution >= 4 is 89.5 Å². The number of aromatic nitrogens is 2. The van der Waals surface area contributed by atoms with Gasteiger partial charge < -0.3 is 19.6 Å². The zero-order valence-electron chi connectivity index (χ0n) is 46.3. The molecule has 0 aliphatic rings. The molecule has 400 valence electrons. The van der Waals surface area contributed by atoms with Gasteiger partial charge in [-0.05, 0) is 120 Å². The van der Waals surface area contributed by atoms with Crippen LogP contribution in [-0.2, 0) is 13.1 Å². The average Bonchev–Trinajstić information content (AvgIpc) is 1.91. The number of benzene rings is 13. The molecule has 0 N–H and O–H groups in total. The number of para-hydroxylation sites is 7. The van der Waals surface area contributed by atoms with Gasteiger partial charge in [-0.15, -0.1) is 0 Å². The maximum absolute atomic E-state index is 5.38. The predicted octanol–water partition coefficient (Wildman–Crippen LogP) is 20.9. The molecule has 0 aliphatic heterocycles. The van der Waals surface area contributed by atoms with Gasteiger partial charge in [-0.25, -0.2) is 9.97 Å². The van der Waals surface area contributed by atoms with E-state index in [-0.39, 0.29) is 0 Å². The van der Waals surface area contributed by atoms with Crippen molar-refractivity contribution in [2.24, 2.45) is 0 Å². The minimum Gasteiger partial charge on any atom is -0.336 e. The lowest BCUT2D eigenvalue weighted by molar-refractivity contribution is 0.980. The summed E-state index contributed by atoms with van der Waals surface area (Å²) in [5.74, 6) is 0. The Morgan fingerprint density at radius 3 is 0.869 bits per heavy atom. The molecule has 13 aromatic carbocycles. The van der Waals surface area contributed by atoms with Crippen molar-refractivity contribution in [1.82, 2.24) is 9.97 Å². The van der Waals surface area contributed by atoms with Crippen LogP contribution in [0.4, 0.5) is 56.9 Å². The van der Waals surface area contributed by atoms with E-state index in [1.54, 1.807) is 0 Å². The zero-order chi connectivity index (χ0) is 56.0. The first-order valence-corrected chi connectivity index (χ1v) is 28.6. The molecule has 6 nitrogen and oxygen atoms in total. The minimum atomic E-state index is 0.640. The second kappa shape index (κ2) is 23.2. The lowest BCUT2D eigenvalue weighted by atomic mass is 10.0. The molecule has 84 heavy (non-hydrogen) atoms. The SMILES string of the molecule is c1ccc(CN(c2ccccc2)c2ccc(N(c3ccccc3)c3ccc(-c4nc5ccccc5nc4-c4ccc(CN(c5ccccc5)c5ccc(N(c6ccccc6)c6ccccc6)c6ccccc56)cc4)cc3)c3ccccc23)cc1. The maximum Gasteiger partial charge on any atom is 0.0973 e. The van der Waals surface area contributed by atoms with E-state index in [1.165, 1.54) is 10.9 Å². The van der Waals surface area contributed by atoms with E-state index in [0.717, 1.165) is 119 Å². The topological polar surface area (TPSA) is 38.7 Å². The fourth-order valence-electron chi connectivity index (χ4n) is 11.7. The van der Waals surface area contributed by atoms with Gasteiger partial charge in [-0.2, -0.15) is 0 Å². The fourth-order valence-corrected chi connectivity index (χ4v) is 11.7. The van der Waals surface area contributed by atoms with Gasteiger partial charge >= 0.3 is 0 Å². The first-order valence-electron chi connectivity index (χ1n) is 28.6. The summed E-state index contributed by atoms with van der Waals surface area (Å²) in [6.45, 7) is 1.37. The van der Waals surface area contributed by atoms with Crippen LogP contribution in [0, 0.1) is 0 Å². The molecule has 1 aromatic heterocycles. The van der Waals surface area contributed by atoms with Crippen LogP contribution in [0.1, 0.15) is 11.1 Å². The van der Waals surface area contributed by atoms with Crippen molar-refractivity contribution in [3.8, 4) is 22.5 Å². The number of hydrogen-bond acceptors (Lipinski definition) is 6. The summed E-state index contributed by atoms with van der Waals surface area (Å²) in [5, 5.41) is 4.64. The van der Waals surface area contributed by atoms with Crippen molar-refractivity contribution < 1.29 is 0 Å². The summed E-state index contributed by atoms with van der Waals surface area (Å²) in [7, 11) is 0. The van der Waals surface area contributed by atoms with Gasteiger partial charge in [0.2, 0.25) is 0 Å². The van der Waals surface area contributed by atoms with Gasteiger partial charge in [0.05, 0.1) is 33.8 Å². The lowest BCUT2D eigenvalue weighted by Crippen LogP contribution is -2.17. The second-order valence-corrected chi connectivity index (χ2v) is 21.0. The molecule has 14 aromatic rings. The van der Waals surface area contributed by atoms with Crippen LogP contribution < -0.4 is 19.6 Å². The van der Waals surface area contributed by atoms with Crippen LogP contribution in [0.25, 0.3) is 55.1 Å². The smallest absolute Gasteiger partial charge is 0.0973 e. The number of nitrogens with zero attached hydrogens (tertiary/aromatic N) is 6. The molecule has 0 amide bonds. The summed E-state index contributed by atoms with van der Waals surface area (Å²) in [5.41, 5.74) is 18.7. The van der Waals surface area contributed by atoms with Crippen molar-refractivity contribution in [1.29, 1.82) is 0 Å². The first kappa shape index (κ1) is 51.1. The monoisotopic (exact) mass is 1080 g/mol. The van der Waals surface area contributed by atoms with E-state index in [1.807, 2.05) is 24.3 Å². The minimum absolute atomic E-state index is 0.640. The van der Waals surface area contributed by atoms with E-state index < -0.39 is 0 Å². The summed E-state index contributed by atoms with van der Waals surface area (Å²) in [4.78, 5) is 20.3. The fraction of sp³-hybridized carbons (Fsp3) is 0.0256. The Balaban J connectivity index is 0.815. The van der Waals surface area contributed by atoms with Gasteiger partial charge in [-0.1, -0.05) is 218 Å². The third-order valence-corrected chi connectivity index (χ3v) is 15.7. The van der Waals surface area contributed by atoms with Crippen LogP contribution in [-0.4, -0.2) is 9.97 Å². The largest absolute Gasteiger partial charge is 0.336 e. The van der Waals surface area contributed by atoms with Crippen LogP contribution in [0.15, 0.2) is 328 Å². The van der Waals surface area contributed by atoms with Crippen LogP contribution >= 0.6 is 0 Å². The maximum atomic E-state index is 5.38. The summed E-state index contributed by atoms with van der Waals surface area (Å²) in [6, 6.07) is 117. The third-order valence-electron chi connectivity index (χ3n) is 15.7. The summed E-state index contributed by atoms with van der Waals surface area (Å²) in [6.07, 6.45) is 0. The Morgan fingerprint density at radius 1 is 0.214 bits per heavy atom. The van der Waals surface area contributed by atoms with Gasteiger partial charge in [0.1, 0.15) is 0 Å². The zero-order valence-corrected chi connectivity index (χ0v) is 46.3. The molecule has 0 radical (unpaired) electrons. The number of fused-ring (bicyclic) bond motifs is 3. The molecule has 0 bridgehead atoms. The number of hydrogen-bond donors (Lipinski definition) is 0. The highest BCUT2D eigenvalue weighted by Gasteiger charge is 2.23. The Labute approximate surface area is 490 Å². The van der Waals surface area contributed by atoms with Crippen molar-refractivity contribution in [2.75, 3.05) is 19.6 Å². The Hall–Kier alpha value is -11.1. The van der Waals surface area contributed by atoms with E-state index in [9.17, 15) is 0 Å². The molecule has 14 rings (SSSR count). The molecule has 0 spiro atoms. The number of anilines is 10. The molecule has 0 aliphatic carbocycles. The Morgan fingerprint density at radius 2 is 0.488 bits per heavy atom.